The second kappa shape index (κ2) is 6.23. The van der Waals surface area contributed by atoms with Gasteiger partial charge < -0.3 is 10.1 Å². The Morgan fingerprint density at radius 3 is 2.59 bits per heavy atom. The van der Waals surface area contributed by atoms with Gasteiger partial charge in [0.15, 0.2) is 11.6 Å². The van der Waals surface area contributed by atoms with Crippen LogP contribution in [0, 0.1) is 11.7 Å². The zero-order valence-corrected chi connectivity index (χ0v) is 10.4. The van der Waals surface area contributed by atoms with E-state index in [1.807, 2.05) is 13.8 Å². The molecule has 0 bridgehead atoms. The summed E-state index contributed by atoms with van der Waals surface area (Å²) in [5.41, 5.74) is 0. The van der Waals surface area contributed by atoms with Gasteiger partial charge >= 0.3 is 0 Å². The van der Waals surface area contributed by atoms with Crippen molar-refractivity contribution >= 4 is 5.91 Å². The summed E-state index contributed by atoms with van der Waals surface area (Å²) in [5.74, 6) is -0.280. The highest BCUT2D eigenvalue weighted by molar-refractivity contribution is 5.77. The van der Waals surface area contributed by atoms with Gasteiger partial charge in [-0.1, -0.05) is 26.0 Å². The van der Waals surface area contributed by atoms with Gasteiger partial charge in [0.1, 0.15) is 6.10 Å². The fraction of sp³-hybridized carbons (Fsp3) is 0.462. The fourth-order valence-corrected chi connectivity index (χ4v) is 1.25. The number of halogens is 1. The van der Waals surface area contributed by atoms with Crippen molar-refractivity contribution in [3.05, 3.63) is 30.1 Å². The summed E-state index contributed by atoms with van der Waals surface area (Å²) in [7, 11) is 0. The van der Waals surface area contributed by atoms with Crippen LogP contribution < -0.4 is 10.1 Å². The zero-order valence-electron chi connectivity index (χ0n) is 10.4. The first-order valence-electron chi connectivity index (χ1n) is 5.69. The van der Waals surface area contributed by atoms with Crippen LogP contribution in [0.15, 0.2) is 24.3 Å². The van der Waals surface area contributed by atoms with Gasteiger partial charge in [0.05, 0.1) is 6.54 Å². The highest BCUT2D eigenvalue weighted by Gasteiger charge is 2.11. The van der Waals surface area contributed by atoms with Crippen molar-refractivity contribution in [1.82, 2.24) is 5.32 Å². The molecular formula is C13H18FNO2. The molecular weight excluding hydrogens is 221 g/mol. The quantitative estimate of drug-likeness (QED) is 0.856. The third kappa shape index (κ3) is 4.43. The number of nitrogens with one attached hydrogen (secondary N) is 1. The number of hydrogen-bond acceptors (Lipinski definition) is 2. The number of rotatable bonds is 5. The molecule has 0 heterocycles. The molecule has 0 saturated carbocycles. The lowest BCUT2D eigenvalue weighted by Crippen LogP contribution is -2.35. The maximum atomic E-state index is 13.3. The smallest absolute Gasteiger partial charge is 0.222 e. The number of benzene rings is 1. The molecule has 0 aromatic heterocycles. The average Bonchev–Trinajstić information content (AvgIpc) is 2.29. The van der Waals surface area contributed by atoms with E-state index in [-0.39, 0.29) is 23.7 Å². The molecule has 1 aromatic carbocycles. The summed E-state index contributed by atoms with van der Waals surface area (Å²) in [5, 5.41) is 2.74. The van der Waals surface area contributed by atoms with E-state index in [0.29, 0.717) is 6.54 Å². The second-order valence-corrected chi connectivity index (χ2v) is 4.26. The third-order valence-electron chi connectivity index (χ3n) is 2.25. The lowest BCUT2D eigenvalue weighted by atomic mass is 10.2. The van der Waals surface area contributed by atoms with Gasteiger partial charge in [-0.3, -0.25) is 4.79 Å². The second-order valence-electron chi connectivity index (χ2n) is 4.26. The van der Waals surface area contributed by atoms with Gasteiger partial charge in [-0.05, 0) is 19.1 Å². The Kier molecular flexibility index (Phi) is 4.94. The van der Waals surface area contributed by atoms with Gasteiger partial charge in [0.2, 0.25) is 5.91 Å². The predicted octanol–water partition coefficient (Wildman–Crippen LogP) is 2.37. The molecule has 0 spiro atoms. The van der Waals surface area contributed by atoms with Gasteiger partial charge in [-0.25, -0.2) is 4.39 Å². The van der Waals surface area contributed by atoms with Gasteiger partial charge in [0.25, 0.3) is 0 Å². The van der Waals surface area contributed by atoms with Crippen LogP contribution in [0.4, 0.5) is 4.39 Å². The van der Waals surface area contributed by atoms with Crippen LogP contribution >= 0.6 is 0 Å². The molecule has 0 radical (unpaired) electrons. The van der Waals surface area contributed by atoms with E-state index in [1.54, 1.807) is 25.1 Å². The molecule has 1 atom stereocenters. The lowest BCUT2D eigenvalue weighted by molar-refractivity contribution is -0.124. The number of hydrogen-bond donors (Lipinski definition) is 1. The molecule has 1 amide bonds. The summed E-state index contributed by atoms with van der Waals surface area (Å²) in [6.07, 6.45) is -0.269. The average molecular weight is 239 g/mol. The van der Waals surface area contributed by atoms with Crippen molar-refractivity contribution < 1.29 is 13.9 Å². The largest absolute Gasteiger partial charge is 0.486 e. The van der Waals surface area contributed by atoms with Crippen LogP contribution in [-0.2, 0) is 4.79 Å². The first-order valence-corrected chi connectivity index (χ1v) is 5.69. The number of ether oxygens (including phenoxy) is 1. The molecule has 3 nitrogen and oxygen atoms in total. The molecule has 0 aliphatic rings. The van der Waals surface area contributed by atoms with E-state index in [2.05, 4.69) is 5.32 Å². The molecule has 0 aliphatic heterocycles. The minimum atomic E-state index is -0.394. The molecule has 0 fully saturated rings. The first-order chi connectivity index (χ1) is 8.00. The fourth-order valence-electron chi connectivity index (χ4n) is 1.25. The van der Waals surface area contributed by atoms with E-state index in [1.165, 1.54) is 6.07 Å². The predicted molar refractivity (Wildman–Crippen MR) is 64.3 cm³/mol. The SMILES string of the molecule is CC(C)C(=O)NC[C@H](C)Oc1ccccc1F. The van der Waals surface area contributed by atoms with Crippen LogP contribution in [0.2, 0.25) is 0 Å². The van der Waals surface area contributed by atoms with Crippen LogP contribution in [0.5, 0.6) is 5.75 Å². The third-order valence-corrected chi connectivity index (χ3v) is 2.25. The van der Waals surface area contributed by atoms with Crippen molar-refractivity contribution in [3.63, 3.8) is 0 Å². The Bertz CT molecular complexity index is 379. The van der Waals surface area contributed by atoms with Crippen molar-refractivity contribution in [2.45, 2.75) is 26.9 Å². The molecule has 1 N–H and O–H groups in total. The summed E-state index contributed by atoms with van der Waals surface area (Å²) < 4.78 is 18.7. The van der Waals surface area contributed by atoms with E-state index < -0.39 is 5.82 Å². The molecule has 94 valence electrons. The number of carbonyl (C=O) groups excluding carboxylic acids is 1. The van der Waals surface area contributed by atoms with Gasteiger partial charge in [-0.15, -0.1) is 0 Å². The van der Waals surface area contributed by atoms with Crippen molar-refractivity contribution in [2.75, 3.05) is 6.54 Å². The van der Waals surface area contributed by atoms with Crippen LogP contribution in [0.25, 0.3) is 0 Å². The number of para-hydroxylation sites is 1. The number of amides is 1. The molecule has 1 aromatic rings. The van der Waals surface area contributed by atoms with Crippen molar-refractivity contribution in [1.29, 1.82) is 0 Å². The Labute approximate surface area is 101 Å². The zero-order chi connectivity index (χ0) is 12.8. The van der Waals surface area contributed by atoms with Crippen LogP contribution in [0.3, 0.4) is 0 Å². The minimum Gasteiger partial charge on any atom is -0.486 e. The Hall–Kier alpha value is -1.58. The number of carbonyl (C=O) groups is 1. The molecule has 4 heteroatoms. The Morgan fingerprint density at radius 1 is 1.35 bits per heavy atom. The Balaban J connectivity index is 2.43. The highest BCUT2D eigenvalue weighted by Crippen LogP contribution is 2.16. The van der Waals surface area contributed by atoms with E-state index in [9.17, 15) is 9.18 Å². The molecule has 0 saturated heterocycles. The van der Waals surface area contributed by atoms with Crippen LogP contribution in [-0.4, -0.2) is 18.6 Å². The van der Waals surface area contributed by atoms with E-state index >= 15 is 0 Å². The molecule has 1 rings (SSSR count). The first kappa shape index (κ1) is 13.5. The van der Waals surface area contributed by atoms with Gasteiger partial charge in [0, 0.05) is 5.92 Å². The summed E-state index contributed by atoms with van der Waals surface area (Å²) >= 11 is 0. The topological polar surface area (TPSA) is 38.3 Å². The van der Waals surface area contributed by atoms with E-state index in [0.717, 1.165) is 0 Å². The van der Waals surface area contributed by atoms with Crippen molar-refractivity contribution in [2.24, 2.45) is 5.92 Å². The van der Waals surface area contributed by atoms with Crippen molar-refractivity contribution in [3.8, 4) is 5.75 Å². The Morgan fingerprint density at radius 2 is 2.00 bits per heavy atom. The summed E-state index contributed by atoms with van der Waals surface area (Å²) in [4.78, 5) is 11.3. The normalized spacial score (nSPS) is 12.3. The maximum absolute atomic E-state index is 13.3. The van der Waals surface area contributed by atoms with Gasteiger partial charge in [-0.2, -0.15) is 0 Å². The molecule has 0 unspecified atom stereocenters. The standard InChI is InChI=1S/C13H18FNO2/c1-9(2)13(16)15-8-10(3)17-12-7-5-4-6-11(12)14/h4-7,9-10H,8H2,1-3H3,(H,15,16)/t10-/m0/s1. The lowest BCUT2D eigenvalue weighted by Gasteiger charge is -2.16. The highest BCUT2D eigenvalue weighted by atomic mass is 19.1. The maximum Gasteiger partial charge on any atom is 0.222 e. The minimum absolute atomic E-state index is 0.0333. The molecule has 17 heavy (non-hydrogen) atoms. The summed E-state index contributed by atoms with van der Waals surface area (Å²) in [6, 6.07) is 6.22. The van der Waals surface area contributed by atoms with Crippen LogP contribution in [0.1, 0.15) is 20.8 Å². The summed E-state index contributed by atoms with van der Waals surface area (Å²) in [6.45, 7) is 5.79. The monoisotopic (exact) mass is 239 g/mol. The van der Waals surface area contributed by atoms with E-state index in [4.69, 9.17) is 4.74 Å². The molecule has 0 aliphatic carbocycles.